The zero-order valence-electron chi connectivity index (χ0n) is 13.7. The first-order chi connectivity index (χ1) is 9.85. The lowest BCUT2D eigenvalue weighted by Crippen LogP contribution is -2.46. The van der Waals surface area contributed by atoms with Crippen LogP contribution in [0, 0.1) is 23.2 Å². The van der Waals surface area contributed by atoms with Crippen LogP contribution in [0.1, 0.15) is 65.7 Å². The first-order valence-electron chi connectivity index (χ1n) is 8.66. The highest BCUT2D eigenvalue weighted by Crippen LogP contribution is 2.60. The van der Waals surface area contributed by atoms with E-state index in [0.717, 1.165) is 29.8 Å². The topological polar surface area (TPSA) is 26.3 Å². The molecule has 0 aromatic carbocycles. The second-order valence-electron chi connectivity index (χ2n) is 8.22. The summed E-state index contributed by atoms with van der Waals surface area (Å²) in [5, 5.41) is 0. The fourth-order valence-electron chi connectivity index (χ4n) is 5.79. The molecule has 0 bridgehead atoms. The van der Waals surface area contributed by atoms with Gasteiger partial charge in [-0.3, -0.25) is 4.79 Å². The molecule has 1 aliphatic heterocycles. The summed E-state index contributed by atoms with van der Waals surface area (Å²) in [5.41, 5.74) is 0.215. The molecule has 0 radical (unpaired) electrons. The molecule has 0 aromatic heterocycles. The summed E-state index contributed by atoms with van der Waals surface area (Å²) in [6.07, 6.45) is 7.89. The number of halogens is 1. The maximum atomic E-state index is 12.3. The molecule has 3 fully saturated rings. The predicted molar refractivity (Wildman–Crippen MR) is 93.7 cm³/mol. The van der Waals surface area contributed by atoms with Crippen molar-refractivity contribution >= 4 is 28.4 Å². The van der Waals surface area contributed by atoms with Gasteiger partial charge in [-0.2, -0.15) is 0 Å². The average Bonchev–Trinajstić information content (AvgIpc) is 2.91. The Labute approximate surface area is 142 Å². The van der Waals surface area contributed by atoms with E-state index in [4.69, 9.17) is 4.74 Å². The second kappa shape index (κ2) is 5.77. The van der Waals surface area contributed by atoms with E-state index in [2.05, 4.69) is 43.4 Å². The van der Waals surface area contributed by atoms with Crippen LogP contribution in [0.3, 0.4) is 0 Å². The van der Waals surface area contributed by atoms with Crippen molar-refractivity contribution in [3.05, 3.63) is 0 Å². The minimum Gasteiger partial charge on any atom is -0.375 e. The highest BCUT2D eigenvalue weighted by Gasteiger charge is 2.58. The summed E-state index contributed by atoms with van der Waals surface area (Å²) in [7, 11) is 0. The molecular formula is C18H29IO2. The molecule has 1 unspecified atom stereocenters. The molecule has 0 aromatic rings. The maximum absolute atomic E-state index is 12.3. The Bertz CT molecular complexity index is 421. The largest absolute Gasteiger partial charge is 0.375 e. The molecule has 0 amide bonds. The molecule has 21 heavy (non-hydrogen) atoms. The van der Waals surface area contributed by atoms with Gasteiger partial charge in [0.25, 0.3) is 0 Å². The lowest BCUT2D eigenvalue weighted by molar-refractivity contribution is -0.134. The average molecular weight is 404 g/mol. The quantitative estimate of drug-likeness (QED) is 0.500. The van der Waals surface area contributed by atoms with Crippen molar-refractivity contribution < 1.29 is 9.53 Å². The summed E-state index contributed by atoms with van der Waals surface area (Å²) >= 11 is 2.53. The van der Waals surface area contributed by atoms with Crippen molar-refractivity contribution in [3.8, 4) is 0 Å². The predicted octanol–water partition coefficient (Wildman–Crippen LogP) is 4.78. The van der Waals surface area contributed by atoms with Gasteiger partial charge in [0.2, 0.25) is 0 Å². The van der Waals surface area contributed by atoms with Gasteiger partial charge in [0.1, 0.15) is 5.78 Å². The summed E-state index contributed by atoms with van der Waals surface area (Å²) in [6.45, 7) is 7.94. The molecule has 120 valence electrons. The summed E-state index contributed by atoms with van der Waals surface area (Å²) < 4.78 is 7.10. The molecule has 3 heteroatoms. The van der Waals surface area contributed by atoms with E-state index in [-0.39, 0.29) is 11.0 Å². The van der Waals surface area contributed by atoms with E-state index < -0.39 is 0 Å². The highest BCUT2D eigenvalue weighted by atomic mass is 127. The fourth-order valence-corrected chi connectivity index (χ4v) is 6.51. The van der Waals surface area contributed by atoms with E-state index in [1.807, 2.05) is 0 Å². The number of hydrogen-bond acceptors (Lipinski definition) is 2. The van der Waals surface area contributed by atoms with Gasteiger partial charge in [-0.05, 0) is 62.7 Å². The molecule has 3 aliphatic rings. The van der Waals surface area contributed by atoms with Crippen LogP contribution >= 0.6 is 22.6 Å². The van der Waals surface area contributed by atoms with Crippen LogP contribution in [0.2, 0.25) is 0 Å². The summed E-state index contributed by atoms with van der Waals surface area (Å²) in [6, 6.07) is 0. The zero-order chi connectivity index (χ0) is 15.3. The molecule has 3 rings (SSSR count). The van der Waals surface area contributed by atoms with Crippen molar-refractivity contribution in [2.45, 2.75) is 75.2 Å². The first kappa shape index (κ1) is 16.2. The van der Waals surface area contributed by atoms with Crippen LogP contribution in [0.25, 0.3) is 0 Å². The third-order valence-corrected chi connectivity index (χ3v) is 7.11. The third-order valence-electron chi connectivity index (χ3n) is 6.60. The number of alkyl halides is 1. The molecule has 2 nitrogen and oxygen atoms in total. The molecule has 0 N–H and O–H groups in total. The molecule has 1 heterocycles. The van der Waals surface area contributed by atoms with Gasteiger partial charge in [-0.25, -0.2) is 0 Å². The smallest absolute Gasteiger partial charge is 0.136 e. The van der Waals surface area contributed by atoms with Gasteiger partial charge in [0, 0.05) is 16.3 Å². The van der Waals surface area contributed by atoms with E-state index in [1.165, 1.54) is 25.7 Å². The second-order valence-corrected chi connectivity index (χ2v) is 10.3. The molecule has 2 aliphatic carbocycles. The number of ketones is 1. The molecule has 0 spiro atoms. The number of carbonyl (C=O) groups excluding carboxylic acids is 1. The van der Waals surface area contributed by atoms with Crippen LogP contribution in [-0.4, -0.2) is 21.9 Å². The van der Waals surface area contributed by atoms with Gasteiger partial charge >= 0.3 is 0 Å². The van der Waals surface area contributed by atoms with Gasteiger partial charge in [0.15, 0.2) is 0 Å². The fraction of sp³-hybridized carbons (Fsp3) is 0.944. The van der Waals surface area contributed by atoms with Crippen LogP contribution < -0.4 is 0 Å². The zero-order valence-corrected chi connectivity index (χ0v) is 15.8. The van der Waals surface area contributed by atoms with Crippen LogP contribution in [0.4, 0.5) is 0 Å². The minimum atomic E-state index is 0.0112. The van der Waals surface area contributed by atoms with Crippen molar-refractivity contribution in [2.75, 3.05) is 6.61 Å². The Hall–Kier alpha value is 0.360. The monoisotopic (exact) mass is 404 g/mol. The van der Waals surface area contributed by atoms with Crippen molar-refractivity contribution in [1.82, 2.24) is 0 Å². The number of fused-ring (bicyclic) bond motifs is 1. The van der Waals surface area contributed by atoms with E-state index in [0.29, 0.717) is 23.5 Å². The number of rotatable bonds is 3. The number of carbonyl (C=O) groups is 1. The SMILES string of the molecule is CC(I)C[C@H]1CO[C@](C)([C@H]2CC[C@H]3C(=O)CCC[C@@]32C)C1. The Morgan fingerprint density at radius 1 is 1.38 bits per heavy atom. The van der Waals surface area contributed by atoms with Gasteiger partial charge in [0.05, 0.1) is 12.2 Å². The molecule has 6 atom stereocenters. The first-order valence-corrected chi connectivity index (χ1v) is 9.90. The number of ether oxygens (including phenoxy) is 1. The van der Waals surface area contributed by atoms with E-state index in [9.17, 15) is 4.79 Å². The number of Topliss-reactive ketones (excluding diaryl/α,β-unsaturated/α-hetero) is 1. The van der Waals surface area contributed by atoms with Crippen molar-refractivity contribution in [1.29, 1.82) is 0 Å². The Balaban J connectivity index is 1.76. The summed E-state index contributed by atoms with van der Waals surface area (Å²) in [5.74, 6) is 2.14. The van der Waals surface area contributed by atoms with Crippen LogP contribution in [0.5, 0.6) is 0 Å². The molecule has 2 saturated carbocycles. The Morgan fingerprint density at radius 2 is 2.14 bits per heavy atom. The summed E-state index contributed by atoms with van der Waals surface area (Å²) in [4.78, 5) is 12.3. The third kappa shape index (κ3) is 2.82. The highest BCUT2D eigenvalue weighted by molar-refractivity contribution is 14.1. The van der Waals surface area contributed by atoms with Crippen molar-refractivity contribution in [2.24, 2.45) is 23.2 Å². The Kier molecular flexibility index (Phi) is 4.46. The minimum absolute atomic E-state index is 0.0112. The maximum Gasteiger partial charge on any atom is 0.136 e. The van der Waals surface area contributed by atoms with E-state index in [1.54, 1.807) is 0 Å². The molecular weight excluding hydrogens is 375 g/mol. The Morgan fingerprint density at radius 3 is 2.86 bits per heavy atom. The standard InChI is InChI=1S/C18H29IO2/c1-12(19)9-13-10-18(3,21-11-13)16-7-6-14-15(20)5-4-8-17(14,16)2/h12-14,16H,4-11H2,1-3H3/t12?,13-,14+,16+,17+,18+/m1/s1. The van der Waals surface area contributed by atoms with Crippen molar-refractivity contribution in [3.63, 3.8) is 0 Å². The van der Waals surface area contributed by atoms with Gasteiger partial charge < -0.3 is 4.74 Å². The lowest BCUT2D eigenvalue weighted by atomic mass is 9.60. The number of hydrogen-bond donors (Lipinski definition) is 0. The lowest BCUT2D eigenvalue weighted by Gasteiger charge is -2.46. The van der Waals surface area contributed by atoms with Crippen LogP contribution in [-0.2, 0) is 9.53 Å². The van der Waals surface area contributed by atoms with Gasteiger partial charge in [-0.15, -0.1) is 0 Å². The van der Waals surface area contributed by atoms with Gasteiger partial charge in [-0.1, -0.05) is 36.4 Å². The van der Waals surface area contributed by atoms with E-state index >= 15 is 0 Å². The normalized spacial score (nSPS) is 48.4. The molecule has 1 saturated heterocycles. The van der Waals surface area contributed by atoms with Crippen LogP contribution in [0.15, 0.2) is 0 Å².